The van der Waals surface area contributed by atoms with E-state index in [0.29, 0.717) is 0 Å². The highest BCUT2D eigenvalue weighted by atomic mass is 16.2. The number of hydrogen-bond donors (Lipinski definition) is 3. The van der Waals surface area contributed by atoms with Crippen LogP contribution in [0.2, 0.25) is 0 Å². The Hall–Kier alpha value is -2.96. The van der Waals surface area contributed by atoms with E-state index in [-0.39, 0.29) is 5.69 Å². The van der Waals surface area contributed by atoms with Crippen molar-refractivity contribution >= 4 is 17.9 Å². The lowest BCUT2D eigenvalue weighted by Crippen LogP contribution is -2.40. The van der Waals surface area contributed by atoms with Gasteiger partial charge in [0, 0.05) is 24.7 Å². The van der Waals surface area contributed by atoms with Crippen LogP contribution in [0.3, 0.4) is 0 Å². The molecule has 0 fully saturated rings. The summed E-state index contributed by atoms with van der Waals surface area (Å²) in [6, 6.07) is 5.06. The number of amides is 2. The molecular weight excluding hydrogens is 246 g/mol. The van der Waals surface area contributed by atoms with Gasteiger partial charge in [-0.05, 0) is 23.8 Å². The predicted molar refractivity (Wildman–Crippen MR) is 67.5 cm³/mol. The molecule has 0 bridgehead atoms. The summed E-state index contributed by atoms with van der Waals surface area (Å²) in [7, 11) is 0. The Morgan fingerprint density at radius 1 is 1.21 bits per heavy atom. The van der Waals surface area contributed by atoms with Crippen molar-refractivity contribution in [1.82, 2.24) is 26.0 Å². The summed E-state index contributed by atoms with van der Waals surface area (Å²) >= 11 is 0. The largest absolute Gasteiger partial charge is 0.287 e. The lowest BCUT2D eigenvalue weighted by atomic mass is 10.2. The average molecular weight is 257 g/mol. The van der Waals surface area contributed by atoms with E-state index in [1.54, 1.807) is 30.6 Å². The van der Waals surface area contributed by atoms with Crippen molar-refractivity contribution in [3.63, 3.8) is 0 Å². The van der Waals surface area contributed by atoms with Crippen LogP contribution in [0.25, 0.3) is 6.08 Å². The summed E-state index contributed by atoms with van der Waals surface area (Å²) in [4.78, 5) is 26.8. The summed E-state index contributed by atoms with van der Waals surface area (Å²) in [6.45, 7) is 0. The van der Waals surface area contributed by atoms with Gasteiger partial charge in [-0.3, -0.25) is 30.5 Å². The molecule has 0 unspecified atom stereocenters. The predicted octanol–water partition coefficient (Wildman–Crippen LogP) is 0.279. The normalized spacial score (nSPS) is 10.3. The van der Waals surface area contributed by atoms with E-state index in [9.17, 15) is 9.59 Å². The summed E-state index contributed by atoms with van der Waals surface area (Å²) in [5, 5.41) is 6.11. The highest BCUT2D eigenvalue weighted by Gasteiger charge is 2.06. The first-order chi connectivity index (χ1) is 9.25. The van der Waals surface area contributed by atoms with Crippen molar-refractivity contribution in [3.05, 3.63) is 54.1 Å². The molecular formula is C12H11N5O2. The third kappa shape index (κ3) is 3.77. The van der Waals surface area contributed by atoms with Gasteiger partial charge in [0.1, 0.15) is 5.69 Å². The monoisotopic (exact) mass is 257 g/mol. The molecule has 0 radical (unpaired) electrons. The number of hydrogen-bond acceptors (Lipinski definition) is 4. The van der Waals surface area contributed by atoms with Crippen LogP contribution in [0.1, 0.15) is 16.1 Å². The molecule has 2 heterocycles. The van der Waals surface area contributed by atoms with Crippen molar-refractivity contribution < 1.29 is 9.59 Å². The molecule has 19 heavy (non-hydrogen) atoms. The van der Waals surface area contributed by atoms with Gasteiger partial charge in [0.15, 0.2) is 0 Å². The smallest absolute Gasteiger partial charge is 0.273 e. The van der Waals surface area contributed by atoms with E-state index < -0.39 is 11.8 Å². The van der Waals surface area contributed by atoms with E-state index in [4.69, 9.17) is 0 Å². The van der Waals surface area contributed by atoms with Crippen LogP contribution in [-0.4, -0.2) is 27.0 Å². The molecule has 0 aliphatic carbocycles. The summed E-state index contributed by atoms with van der Waals surface area (Å²) < 4.78 is 0. The minimum atomic E-state index is -0.472. The molecule has 0 aromatic carbocycles. The van der Waals surface area contributed by atoms with Gasteiger partial charge >= 0.3 is 0 Å². The third-order valence-corrected chi connectivity index (χ3v) is 2.16. The SMILES string of the molecule is O=C(/C=C/c1cccnc1)NNC(=O)c1ccn[nH]1. The van der Waals surface area contributed by atoms with Crippen LogP contribution in [-0.2, 0) is 4.79 Å². The van der Waals surface area contributed by atoms with Gasteiger partial charge in [0.05, 0.1) is 0 Å². The van der Waals surface area contributed by atoms with Crippen molar-refractivity contribution in [2.45, 2.75) is 0 Å². The zero-order valence-electron chi connectivity index (χ0n) is 9.83. The number of rotatable bonds is 3. The fourth-order valence-corrected chi connectivity index (χ4v) is 1.26. The number of carbonyl (C=O) groups excluding carboxylic acids is 2. The van der Waals surface area contributed by atoms with E-state index in [1.807, 2.05) is 0 Å². The molecule has 2 amide bonds. The quantitative estimate of drug-likeness (QED) is 0.543. The first kappa shape index (κ1) is 12.5. The van der Waals surface area contributed by atoms with Gasteiger partial charge in [-0.15, -0.1) is 0 Å². The second-order valence-corrected chi connectivity index (χ2v) is 3.53. The van der Waals surface area contributed by atoms with Crippen LogP contribution in [0, 0.1) is 0 Å². The number of nitrogens with zero attached hydrogens (tertiary/aromatic N) is 2. The number of pyridine rings is 1. The van der Waals surface area contributed by atoms with Gasteiger partial charge in [-0.2, -0.15) is 5.10 Å². The Morgan fingerprint density at radius 3 is 2.79 bits per heavy atom. The Kier molecular flexibility index (Phi) is 4.01. The second kappa shape index (κ2) is 6.10. The third-order valence-electron chi connectivity index (χ3n) is 2.16. The zero-order chi connectivity index (χ0) is 13.5. The van der Waals surface area contributed by atoms with Gasteiger partial charge in [0.2, 0.25) is 0 Å². The van der Waals surface area contributed by atoms with Crippen LogP contribution in [0.15, 0.2) is 42.9 Å². The molecule has 0 atom stereocenters. The fourth-order valence-electron chi connectivity index (χ4n) is 1.26. The van der Waals surface area contributed by atoms with Gasteiger partial charge < -0.3 is 0 Å². The number of carbonyl (C=O) groups is 2. The molecule has 2 aromatic rings. The molecule has 0 saturated carbocycles. The van der Waals surface area contributed by atoms with E-state index in [1.165, 1.54) is 18.3 Å². The van der Waals surface area contributed by atoms with E-state index in [2.05, 4.69) is 26.0 Å². The Balaban J connectivity index is 1.82. The molecule has 0 saturated heterocycles. The fraction of sp³-hybridized carbons (Fsp3) is 0. The topological polar surface area (TPSA) is 99.8 Å². The average Bonchev–Trinajstić information content (AvgIpc) is 2.98. The molecule has 2 rings (SSSR count). The first-order valence-electron chi connectivity index (χ1n) is 5.43. The molecule has 0 aliphatic heterocycles. The van der Waals surface area contributed by atoms with Crippen LogP contribution in [0.5, 0.6) is 0 Å². The molecule has 3 N–H and O–H groups in total. The van der Waals surface area contributed by atoms with Crippen molar-refractivity contribution in [1.29, 1.82) is 0 Å². The number of hydrazine groups is 1. The van der Waals surface area contributed by atoms with Crippen LogP contribution >= 0.6 is 0 Å². The van der Waals surface area contributed by atoms with E-state index in [0.717, 1.165) is 5.56 Å². The molecule has 0 aliphatic rings. The molecule has 7 nitrogen and oxygen atoms in total. The van der Waals surface area contributed by atoms with Crippen molar-refractivity contribution in [2.75, 3.05) is 0 Å². The van der Waals surface area contributed by atoms with Crippen LogP contribution < -0.4 is 10.9 Å². The summed E-state index contributed by atoms with van der Waals surface area (Å²) in [5.41, 5.74) is 5.54. The number of aromatic amines is 1. The first-order valence-corrected chi connectivity index (χ1v) is 5.43. The van der Waals surface area contributed by atoms with E-state index >= 15 is 0 Å². The molecule has 2 aromatic heterocycles. The lowest BCUT2D eigenvalue weighted by Gasteiger charge is -2.02. The highest BCUT2D eigenvalue weighted by Crippen LogP contribution is 1.97. The van der Waals surface area contributed by atoms with Gasteiger partial charge in [-0.1, -0.05) is 6.07 Å². The van der Waals surface area contributed by atoms with Crippen LogP contribution in [0.4, 0.5) is 0 Å². The maximum Gasteiger partial charge on any atom is 0.287 e. The Bertz CT molecular complexity index is 577. The highest BCUT2D eigenvalue weighted by molar-refractivity contribution is 5.96. The molecule has 0 spiro atoms. The standard InChI is InChI=1S/C12H11N5O2/c18-11(4-3-9-2-1-6-13-8-9)16-17-12(19)10-5-7-14-15-10/h1-8H,(H,14,15)(H,16,18)(H,17,19)/b4-3+. The van der Waals surface area contributed by atoms with Crippen molar-refractivity contribution in [2.24, 2.45) is 0 Å². The maximum atomic E-state index is 11.5. The molecule has 7 heteroatoms. The number of H-pyrrole nitrogens is 1. The van der Waals surface area contributed by atoms with Gasteiger partial charge in [0.25, 0.3) is 11.8 Å². The Labute approximate surface area is 108 Å². The minimum Gasteiger partial charge on any atom is -0.273 e. The minimum absolute atomic E-state index is 0.261. The van der Waals surface area contributed by atoms with Crippen molar-refractivity contribution in [3.8, 4) is 0 Å². The number of nitrogens with one attached hydrogen (secondary N) is 3. The zero-order valence-corrected chi connectivity index (χ0v) is 9.83. The maximum absolute atomic E-state index is 11.5. The van der Waals surface area contributed by atoms with Gasteiger partial charge in [-0.25, -0.2) is 0 Å². The molecule has 96 valence electrons. The summed E-state index contributed by atoms with van der Waals surface area (Å²) in [5.74, 6) is -0.919. The summed E-state index contributed by atoms with van der Waals surface area (Å²) in [6.07, 6.45) is 7.59. The Morgan fingerprint density at radius 2 is 2.11 bits per heavy atom. The number of aromatic nitrogens is 3. The second-order valence-electron chi connectivity index (χ2n) is 3.53. The lowest BCUT2D eigenvalue weighted by molar-refractivity contribution is -0.117.